The lowest BCUT2D eigenvalue weighted by molar-refractivity contribution is -0.139. The number of primary amides is 2. The summed E-state index contributed by atoms with van der Waals surface area (Å²) in [5, 5.41) is 21.1. The van der Waals surface area contributed by atoms with Crippen LogP contribution in [0.1, 0.15) is 37.7 Å². The van der Waals surface area contributed by atoms with Crippen molar-refractivity contribution in [1.29, 1.82) is 0 Å². The Morgan fingerprint density at radius 3 is 2.31 bits per heavy atom. The second-order valence-corrected chi connectivity index (χ2v) is 7.10. The number of amides is 2. The molecule has 0 aromatic heterocycles. The Balaban J connectivity index is 1.93. The lowest BCUT2D eigenvalue weighted by atomic mass is 9.70. The maximum atomic E-state index is 12.9. The fourth-order valence-electron chi connectivity index (χ4n) is 3.58. The third-order valence-corrected chi connectivity index (χ3v) is 5.26. The lowest BCUT2D eigenvalue weighted by Crippen LogP contribution is -2.49. The SMILES string of the molecule is NC(=O)C1CCC(O)(C(CC(O)[CH]Cc2ccc(F)cc2)C(N)=O)CC1. The minimum Gasteiger partial charge on any atom is -0.393 e. The number of carbonyl (C=O) groups is 2. The van der Waals surface area contributed by atoms with E-state index in [1.807, 2.05) is 0 Å². The van der Waals surface area contributed by atoms with E-state index in [0.29, 0.717) is 19.3 Å². The molecule has 2 rings (SSSR count). The highest BCUT2D eigenvalue weighted by atomic mass is 19.1. The summed E-state index contributed by atoms with van der Waals surface area (Å²) < 4.78 is 12.9. The maximum absolute atomic E-state index is 12.9. The highest BCUT2D eigenvalue weighted by Crippen LogP contribution is 2.39. The zero-order valence-electron chi connectivity index (χ0n) is 14.6. The number of aliphatic hydroxyl groups excluding tert-OH is 1. The molecule has 1 aliphatic rings. The van der Waals surface area contributed by atoms with Crippen LogP contribution in [0.25, 0.3) is 0 Å². The molecule has 6 nitrogen and oxygen atoms in total. The summed E-state index contributed by atoms with van der Waals surface area (Å²) in [5.41, 5.74) is 10.2. The number of nitrogens with two attached hydrogens (primary N) is 2. The van der Waals surface area contributed by atoms with Crippen molar-refractivity contribution in [2.45, 2.75) is 50.2 Å². The van der Waals surface area contributed by atoms with E-state index in [2.05, 4.69) is 0 Å². The predicted molar refractivity (Wildman–Crippen MR) is 93.8 cm³/mol. The molecule has 0 saturated heterocycles. The van der Waals surface area contributed by atoms with E-state index >= 15 is 0 Å². The number of hydrogen-bond acceptors (Lipinski definition) is 4. The van der Waals surface area contributed by atoms with Gasteiger partial charge in [-0.3, -0.25) is 9.59 Å². The van der Waals surface area contributed by atoms with Gasteiger partial charge in [-0.15, -0.1) is 0 Å². The highest BCUT2D eigenvalue weighted by molar-refractivity contribution is 5.79. The van der Waals surface area contributed by atoms with E-state index in [0.717, 1.165) is 5.56 Å². The summed E-state index contributed by atoms with van der Waals surface area (Å²) >= 11 is 0. The molecule has 1 aromatic carbocycles. The molecule has 2 amide bonds. The number of halogens is 1. The molecule has 1 aromatic rings. The van der Waals surface area contributed by atoms with Gasteiger partial charge < -0.3 is 21.7 Å². The molecule has 1 fully saturated rings. The van der Waals surface area contributed by atoms with Crippen molar-refractivity contribution in [2.24, 2.45) is 23.3 Å². The minimum atomic E-state index is -1.34. The summed E-state index contributed by atoms with van der Waals surface area (Å²) in [4.78, 5) is 23.1. The van der Waals surface area contributed by atoms with Crippen LogP contribution in [-0.2, 0) is 16.0 Å². The second-order valence-electron chi connectivity index (χ2n) is 7.10. The number of aliphatic hydroxyl groups is 2. The number of rotatable bonds is 8. The van der Waals surface area contributed by atoms with E-state index in [1.54, 1.807) is 18.6 Å². The molecule has 1 radical (unpaired) electrons. The molecule has 1 aliphatic carbocycles. The smallest absolute Gasteiger partial charge is 0.223 e. The van der Waals surface area contributed by atoms with Crippen molar-refractivity contribution in [3.63, 3.8) is 0 Å². The third kappa shape index (κ3) is 5.25. The number of carbonyl (C=O) groups excluding carboxylic acids is 2. The Morgan fingerprint density at radius 2 is 1.81 bits per heavy atom. The first kappa shape index (κ1) is 20.3. The summed E-state index contributed by atoms with van der Waals surface area (Å²) in [6, 6.07) is 5.90. The van der Waals surface area contributed by atoms with E-state index < -0.39 is 29.4 Å². The van der Waals surface area contributed by atoms with Gasteiger partial charge in [0.15, 0.2) is 0 Å². The lowest BCUT2D eigenvalue weighted by Gasteiger charge is -2.40. The number of benzene rings is 1. The van der Waals surface area contributed by atoms with Gasteiger partial charge in [-0.2, -0.15) is 0 Å². The van der Waals surface area contributed by atoms with Gasteiger partial charge in [0.25, 0.3) is 0 Å². The van der Waals surface area contributed by atoms with Crippen molar-refractivity contribution in [1.82, 2.24) is 0 Å². The Morgan fingerprint density at radius 1 is 1.23 bits per heavy atom. The van der Waals surface area contributed by atoms with Gasteiger partial charge in [0.2, 0.25) is 11.8 Å². The van der Waals surface area contributed by atoms with Crippen LogP contribution in [-0.4, -0.2) is 33.7 Å². The molecular weight excluding hydrogens is 339 g/mol. The Hall–Kier alpha value is -1.99. The summed E-state index contributed by atoms with van der Waals surface area (Å²) in [6.07, 6.45) is 2.30. The molecule has 6 N–H and O–H groups in total. The normalized spacial score (nSPS) is 25.4. The average Bonchev–Trinajstić information content (AvgIpc) is 2.59. The monoisotopic (exact) mass is 365 g/mol. The van der Waals surface area contributed by atoms with Crippen LogP contribution < -0.4 is 11.5 Å². The molecule has 143 valence electrons. The summed E-state index contributed by atoms with van der Waals surface area (Å²) in [6.45, 7) is 0. The molecular formula is C19H26FN2O4. The van der Waals surface area contributed by atoms with Crippen LogP contribution in [0, 0.1) is 24.1 Å². The second kappa shape index (κ2) is 8.60. The zero-order chi connectivity index (χ0) is 19.3. The fourth-order valence-corrected chi connectivity index (χ4v) is 3.58. The average molecular weight is 365 g/mol. The van der Waals surface area contributed by atoms with Crippen LogP contribution in [0.15, 0.2) is 24.3 Å². The van der Waals surface area contributed by atoms with Gasteiger partial charge in [-0.25, -0.2) is 4.39 Å². The van der Waals surface area contributed by atoms with Crippen molar-refractivity contribution < 1.29 is 24.2 Å². The zero-order valence-corrected chi connectivity index (χ0v) is 14.6. The van der Waals surface area contributed by atoms with Crippen LogP contribution in [0.2, 0.25) is 0 Å². The highest BCUT2D eigenvalue weighted by Gasteiger charge is 2.44. The Bertz CT molecular complexity index is 627. The van der Waals surface area contributed by atoms with Crippen molar-refractivity contribution >= 4 is 11.8 Å². The van der Waals surface area contributed by atoms with Gasteiger partial charge in [0.05, 0.1) is 17.6 Å². The van der Waals surface area contributed by atoms with E-state index in [4.69, 9.17) is 11.5 Å². The first-order chi connectivity index (χ1) is 12.2. The Labute approximate surface area is 152 Å². The molecule has 0 heterocycles. The standard InChI is InChI=1S/C19H26FN2O4/c20-14-4-1-12(2-5-14)3-6-15(23)11-16(18(22)25)19(26)9-7-13(8-10-19)17(21)24/h1-2,4-6,13,15-16,23,26H,3,7-11H2,(H2,21,24)(H2,22,25). The first-order valence-corrected chi connectivity index (χ1v) is 8.78. The molecule has 1 saturated carbocycles. The van der Waals surface area contributed by atoms with E-state index in [1.165, 1.54) is 12.1 Å². The molecule has 0 spiro atoms. The van der Waals surface area contributed by atoms with Gasteiger partial charge in [-0.05, 0) is 62.6 Å². The van der Waals surface area contributed by atoms with Gasteiger partial charge in [0, 0.05) is 5.92 Å². The maximum Gasteiger partial charge on any atom is 0.223 e. The Kier molecular flexibility index (Phi) is 6.72. The van der Waals surface area contributed by atoms with Gasteiger partial charge >= 0.3 is 0 Å². The molecule has 26 heavy (non-hydrogen) atoms. The molecule has 2 unspecified atom stereocenters. The fraction of sp³-hybridized carbons (Fsp3) is 0.526. The quantitative estimate of drug-likeness (QED) is 0.544. The first-order valence-electron chi connectivity index (χ1n) is 8.78. The third-order valence-electron chi connectivity index (χ3n) is 5.26. The largest absolute Gasteiger partial charge is 0.393 e. The predicted octanol–water partition coefficient (Wildman–Crippen LogP) is 0.832. The minimum absolute atomic E-state index is 0.00569. The molecule has 7 heteroatoms. The topological polar surface area (TPSA) is 127 Å². The number of hydrogen-bond donors (Lipinski definition) is 4. The van der Waals surface area contributed by atoms with Gasteiger partial charge in [0.1, 0.15) is 5.82 Å². The van der Waals surface area contributed by atoms with E-state index in [-0.39, 0.29) is 31.0 Å². The van der Waals surface area contributed by atoms with Gasteiger partial charge in [-0.1, -0.05) is 12.1 Å². The van der Waals surface area contributed by atoms with Crippen molar-refractivity contribution in [3.8, 4) is 0 Å². The van der Waals surface area contributed by atoms with Crippen LogP contribution in [0.5, 0.6) is 0 Å². The summed E-state index contributed by atoms with van der Waals surface area (Å²) in [7, 11) is 0. The van der Waals surface area contributed by atoms with Crippen LogP contribution in [0.3, 0.4) is 0 Å². The van der Waals surface area contributed by atoms with Crippen LogP contribution in [0.4, 0.5) is 4.39 Å². The van der Waals surface area contributed by atoms with Crippen LogP contribution >= 0.6 is 0 Å². The molecule has 0 aliphatic heterocycles. The molecule has 2 atom stereocenters. The molecule has 0 bridgehead atoms. The summed E-state index contributed by atoms with van der Waals surface area (Å²) in [5.74, 6) is -2.65. The van der Waals surface area contributed by atoms with E-state index in [9.17, 15) is 24.2 Å². The van der Waals surface area contributed by atoms with Crippen molar-refractivity contribution in [2.75, 3.05) is 0 Å². The van der Waals surface area contributed by atoms with Crippen molar-refractivity contribution in [3.05, 3.63) is 42.1 Å².